The summed E-state index contributed by atoms with van der Waals surface area (Å²) in [5, 5.41) is 7.20. The molecule has 2 rings (SSSR count). The van der Waals surface area contributed by atoms with Crippen molar-refractivity contribution < 1.29 is 19.1 Å². The van der Waals surface area contributed by atoms with Gasteiger partial charge in [-0.25, -0.2) is 23.8 Å². The summed E-state index contributed by atoms with van der Waals surface area (Å²) in [6.45, 7) is 4.87. The number of aromatic nitrogens is 5. The molecule has 10 nitrogen and oxygen atoms in total. The normalized spacial score (nSPS) is 11.4. The molecular formula is C11H13N5O5. The lowest BCUT2D eigenvalue weighted by Gasteiger charge is -2.17. The summed E-state index contributed by atoms with van der Waals surface area (Å²) < 4.78 is 11.3. The van der Waals surface area contributed by atoms with Gasteiger partial charge in [0.1, 0.15) is 11.9 Å². The van der Waals surface area contributed by atoms with Crippen LogP contribution in [0.2, 0.25) is 0 Å². The third kappa shape index (κ3) is 3.04. The third-order valence-corrected chi connectivity index (χ3v) is 2.26. The summed E-state index contributed by atoms with van der Waals surface area (Å²) in [6.07, 6.45) is -0.0664. The Morgan fingerprint density at radius 1 is 1.29 bits per heavy atom. The van der Waals surface area contributed by atoms with Crippen LogP contribution in [-0.2, 0) is 16.5 Å². The average Bonchev–Trinajstić information content (AvgIpc) is 2.75. The van der Waals surface area contributed by atoms with Crippen molar-refractivity contribution in [2.75, 3.05) is 0 Å². The smallest absolute Gasteiger partial charge is 0.428 e. The zero-order valence-corrected chi connectivity index (χ0v) is 11.9. The van der Waals surface area contributed by atoms with Crippen LogP contribution in [0.15, 0.2) is 11.1 Å². The molecule has 0 aliphatic carbocycles. The van der Waals surface area contributed by atoms with Crippen LogP contribution in [0.5, 0.6) is 0 Å². The molecule has 112 valence electrons. The van der Waals surface area contributed by atoms with Crippen molar-refractivity contribution in [2.24, 2.45) is 7.05 Å². The Hall–Kier alpha value is -2.78. The van der Waals surface area contributed by atoms with Gasteiger partial charge in [0.2, 0.25) is 0 Å². The van der Waals surface area contributed by atoms with Crippen molar-refractivity contribution in [3.8, 4) is 0 Å². The van der Waals surface area contributed by atoms with E-state index in [1.807, 2.05) is 0 Å². The van der Waals surface area contributed by atoms with E-state index in [9.17, 15) is 14.4 Å². The largest absolute Gasteiger partial charge is 0.516 e. The lowest BCUT2D eigenvalue weighted by molar-refractivity contribution is -0.00170. The maximum Gasteiger partial charge on any atom is 0.516 e. The fourth-order valence-corrected chi connectivity index (χ4v) is 1.42. The van der Waals surface area contributed by atoms with Crippen LogP contribution < -0.4 is 5.69 Å². The van der Waals surface area contributed by atoms with Gasteiger partial charge in [0.05, 0.1) is 0 Å². The fraction of sp³-hybridized carbons (Fsp3) is 0.455. The first-order chi connectivity index (χ1) is 9.69. The lowest BCUT2D eigenvalue weighted by atomic mass is 10.2. The molecule has 0 atom stereocenters. The third-order valence-electron chi connectivity index (χ3n) is 2.26. The molecule has 0 radical (unpaired) electrons. The highest BCUT2D eigenvalue weighted by Gasteiger charge is 2.25. The maximum atomic E-state index is 11.8. The highest BCUT2D eigenvalue weighted by atomic mass is 16.7. The number of imidazole rings is 1. The van der Waals surface area contributed by atoms with Crippen LogP contribution in [0.4, 0.5) is 4.79 Å². The number of carbonyl (C=O) groups excluding carboxylic acids is 2. The van der Waals surface area contributed by atoms with Gasteiger partial charge in [0.15, 0.2) is 11.3 Å². The van der Waals surface area contributed by atoms with Crippen LogP contribution >= 0.6 is 0 Å². The Kier molecular flexibility index (Phi) is 3.45. The van der Waals surface area contributed by atoms with E-state index < -0.39 is 23.4 Å². The van der Waals surface area contributed by atoms with E-state index in [0.29, 0.717) is 0 Å². The molecule has 10 heteroatoms. The first-order valence-electron chi connectivity index (χ1n) is 5.91. The number of hydrogen-bond acceptors (Lipinski definition) is 8. The number of nitrogens with zero attached hydrogens (tertiary/aromatic N) is 5. The Balaban J connectivity index is 2.27. The van der Waals surface area contributed by atoms with Gasteiger partial charge in [-0.3, -0.25) is 0 Å². The quantitative estimate of drug-likeness (QED) is 0.529. The summed E-state index contributed by atoms with van der Waals surface area (Å²) in [4.78, 5) is 38.7. The van der Waals surface area contributed by atoms with Crippen LogP contribution in [-0.4, -0.2) is 42.1 Å². The molecule has 0 saturated heterocycles. The topological polar surface area (TPSA) is 118 Å². The van der Waals surface area contributed by atoms with Crippen molar-refractivity contribution in [3.05, 3.63) is 22.5 Å². The number of ether oxygens (including phenoxy) is 2. The monoisotopic (exact) mass is 295 g/mol. The molecule has 0 spiro atoms. The molecule has 0 saturated carbocycles. The highest BCUT2D eigenvalue weighted by molar-refractivity contribution is 5.98. The van der Waals surface area contributed by atoms with Crippen molar-refractivity contribution in [1.82, 2.24) is 24.4 Å². The minimum absolute atomic E-state index is 0.105. The molecule has 2 aromatic heterocycles. The zero-order valence-electron chi connectivity index (χ0n) is 11.9. The van der Waals surface area contributed by atoms with Crippen LogP contribution in [0.3, 0.4) is 0 Å². The van der Waals surface area contributed by atoms with E-state index in [2.05, 4.69) is 20.0 Å². The van der Waals surface area contributed by atoms with Crippen molar-refractivity contribution in [1.29, 1.82) is 0 Å². The number of aryl methyl sites for hydroxylation is 1. The van der Waals surface area contributed by atoms with Crippen LogP contribution in [0, 0.1) is 0 Å². The second-order valence-corrected chi connectivity index (χ2v) is 5.14. The van der Waals surface area contributed by atoms with E-state index >= 15 is 0 Å². The molecule has 21 heavy (non-hydrogen) atoms. The second kappa shape index (κ2) is 4.96. The predicted octanol–water partition coefficient (Wildman–Crippen LogP) is -0.0851. The molecule has 0 fully saturated rings. The molecule has 2 aromatic rings. The molecular weight excluding hydrogens is 282 g/mol. The van der Waals surface area contributed by atoms with Gasteiger partial charge < -0.3 is 9.47 Å². The van der Waals surface area contributed by atoms with Crippen LogP contribution in [0.25, 0.3) is 5.65 Å². The van der Waals surface area contributed by atoms with E-state index in [1.54, 1.807) is 20.8 Å². The second-order valence-electron chi connectivity index (χ2n) is 5.14. The number of hydrogen-bond donors (Lipinski definition) is 0. The van der Waals surface area contributed by atoms with Gasteiger partial charge in [0, 0.05) is 7.05 Å². The fourth-order valence-electron chi connectivity index (χ4n) is 1.42. The molecule has 0 aliphatic heterocycles. The lowest BCUT2D eigenvalue weighted by Crippen LogP contribution is -2.28. The van der Waals surface area contributed by atoms with E-state index in [0.717, 1.165) is 15.4 Å². The summed E-state index contributed by atoms with van der Waals surface area (Å²) in [5.41, 5.74) is -1.75. The molecule has 0 aliphatic rings. The number of rotatable bonds is 1. The Bertz CT molecular complexity index is 769. The summed E-state index contributed by atoms with van der Waals surface area (Å²) >= 11 is 0. The van der Waals surface area contributed by atoms with Crippen molar-refractivity contribution in [3.63, 3.8) is 0 Å². The Labute approximate surface area is 118 Å². The van der Waals surface area contributed by atoms with Gasteiger partial charge in [-0.05, 0) is 20.8 Å². The molecule has 0 N–H and O–H groups in total. The summed E-state index contributed by atoms with van der Waals surface area (Å²) in [5.74, 6) is -1.07. The summed E-state index contributed by atoms with van der Waals surface area (Å²) in [7, 11) is 1.40. The van der Waals surface area contributed by atoms with Crippen molar-refractivity contribution in [2.45, 2.75) is 26.4 Å². The van der Waals surface area contributed by atoms with Crippen molar-refractivity contribution >= 4 is 17.8 Å². The average molecular weight is 295 g/mol. The first kappa shape index (κ1) is 14.6. The molecule has 0 aromatic carbocycles. The maximum absolute atomic E-state index is 11.8. The van der Waals surface area contributed by atoms with E-state index in [1.165, 1.54) is 7.05 Å². The minimum Gasteiger partial charge on any atom is -0.428 e. The van der Waals surface area contributed by atoms with Gasteiger partial charge in [-0.15, -0.1) is 5.10 Å². The Morgan fingerprint density at radius 2 is 1.95 bits per heavy atom. The van der Waals surface area contributed by atoms with Gasteiger partial charge in [0.25, 0.3) is 0 Å². The molecule has 2 heterocycles. The van der Waals surface area contributed by atoms with Gasteiger partial charge in [-0.2, -0.15) is 4.68 Å². The van der Waals surface area contributed by atoms with Crippen LogP contribution in [0.1, 0.15) is 31.3 Å². The van der Waals surface area contributed by atoms with E-state index in [-0.39, 0.29) is 11.3 Å². The molecule has 0 amide bonds. The number of fused-ring (bicyclic) bond motifs is 1. The number of esters is 1. The summed E-state index contributed by atoms with van der Waals surface area (Å²) in [6, 6.07) is 0. The Morgan fingerprint density at radius 3 is 2.57 bits per heavy atom. The first-order valence-corrected chi connectivity index (χ1v) is 5.91. The number of carbonyl (C=O) groups is 2. The van der Waals surface area contributed by atoms with Gasteiger partial charge in [-0.1, -0.05) is 5.21 Å². The minimum atomic E-state index is -1.16. The molecule has 0 unspecified atom stereocenters. The zero-order chi connectivity index (χ0) is 15.8. The molecule has 0 bridgehead atoms. The predicted molar refractivity (Wildman–Crippen MR) is 67.7 cm³/mol. The highest BCUT2D eigenvalue weighted by Crippen LogP contribution is 2.10. The van der Waals surface area contributed by atoms with E-state index in [4.69, 9.17) is 4.74 Å². The SMILES string of the molecule is Cn1nnc2c(C(=O)OC(=O)OC(C)(C)C)ncn2c1=O. The van der Waals surface area contributed by atoms with Gasteiger partial charge >= 0.3 is 17.8 Å². The standard InChI is InChI=1S/C11H13N5O5/c1-11(2,3)21-10(19)20-8(17)6-7-13-14-15(4)9(18)16(7)5-12-6/h5H,1-4H3.